The molecular formula is C11H24N2O2. The number of nitrogens with one attached hydrogen (secondary N) is 2. The highest BCUT2D eigenvalue weighted by atomic mass is 16.2. The van der Waals surface area contributed by atoms with Crippen molar-refractivity contribution >= 4 is 11.8 Å². The number of carbonyl (C=O) groups excluding carboxylic acids is 2. The van der Waals surface area contributed by atoms with Gasteiger partial charge in [-0.05, 0) is 18.8 Å². The number of hydrogen-bond donors (Lipinski definition) is 2. The standard InChI is InChI=1S/C11H20N2O2.2H2/c1-3-8(2)7-10(14)13-9-5-4-6-12-11(9)15;;/h8-9H,3-7H2,1-2H3,(H,12,15)(H,13,14);2*1H. The molecule has 2 atom stereocenters. The summed E-state index contributed by atoms with van der Waals surface area (Å²) in [5, 5.41) is 5.53. The predicted octanol–water partition coefficient (Wildman–Crippen LogP) is 1.31. The second-order valence-electron chi connectivity index (χ2n) is 4.27. The monoisotopic (exact) mass is 216 g/mol. The Hall–Kier alpha value is -1.06. The number of amides is 2. The number of carbonyl (C=O) groups is 2. The Balaban J connectivity index is 0. The van der Waals surface area contributed by atoms with Crippen LogP contribution in [0.25, 0.3) is 0 Å². The lowest BCUT2D eigenvalue weighted by Gasteiger charge is -2.23. The molecular weight excluding hydrogens is 192 g/mol. The SMILES string of the molecule is CCC(C)CC(=O)NC1CCCNC1=O.[HH].[HH]. The first-order valence-electron chi connectivity index (χ1n) is 5.70. The van der Waals surface area contributed by atoms with Crippen molar-refractivity contribution in [2.45, 2.75) is 45.6 Å². The highest BCUT2D eigenvalue weighted by Crippen LogP contribution is 2.08. The van der Waals surface area contributed by atoms with Gasteiger partial charge in [0, 0.05) is 15.8 Å². The quantitative estimate of drug-likeness (QED) is 0.744. The van der Waals surface area contributed by atoms with Gasteiger partial charge in [0.1, 0.15) is 6.04 Å². The molecule has 2 unspecified atom stereocenters. The minimum Gasteiger partial charge on any atom is -0.354 e. The van der Waals surface area contributed by atoms with Crippen LogP contribution in [0.15, 0.2) is 0 Å². The summed E-state index contributed by atoms with van der Waals surface area (Å²) < 4.78 is 0. The first kappa shape index (κ1) is 12.0. The van der Waals surface area contributed by atoms with E-state index < -0.39 is 0 Å². The van der Waals surface area contributed by atoms with Gasteiger partial charge in [-0.3, -0.25) is 9.59 Å². The molecule has 0 aromatic rings. The first-order chi connectivity index (χ1) is 7.13. The third-order valence-corrected chi connectivity index (χ3v) is 2.85. The summed E-state index contributed by atoms with van der Waals surface area (Å²) >= 11 is 0. The van der Waals surface area contributed by atoms with Gasteiger partial charge in [0.25, 0.3) is 0 Å². The highest BCUT2D eigenvalue weighted by Gasteiger charge is 2.23. The molecule has 1 aliphatic heterocycles. The van der Waals surface area contributed by atoms with E-state index in [1.807, 2.05) is 6.92 Å². The zero-order chi connectivity index (χ0) is 11.3. The number of rotatable bonds is 4. The highest BCUT2D eigenvalue weighted by molar-refractivity contribution is 5.88. The molecule has 4 nitrogen and oxygen atoms in total. The van der Waals surface area contributed by atoms with Crippen molar-refractivity contribution in [2.75, 3.05) is 6.54 Å². The summed E-state index contributed by atoms with van der Waals surface area (Å²) in [5.74, 6) is 0.335. The second-order valence-corrected chi connectivity index (χ2v) is 4.27. The van der Waals surface area contributed by atoms with Crippen molar-refractivity contribution in [3.8, 4) is 0 Å². The van der Waals surface area contributed by atoms with E-state index in [9.17, 15) is 9.59 Å². The van der Waals surface area contributed by atoms with Crippen LogP contribution < -0.4 is 10.6 Å². The first-order valence-corrected chi connectivity index (χ1v) is 5.70. The second kappa shape index (κ2) is 5.73. The molecule has 0 saturated carbocycles. The number of piperidine rings is 1. The molecule has 15 heavy (non-hydrogen) atoms. The van der Waals surface area contributed by atoms with Gasteiger partial charge in [-0.25, -0.2) is 0 Å². The van der Waals surface area contributed by atoms with Crippen LogP contribution in [0.2, 0.25) is 0 Å². The van der Waals surface area contributed by atoms with E-state index in [4.69, 9.17) is 0 Å². The summed E-state index contributed by atoms with van der Waals surface area (Å²) in [4.78, 5) is 22.9. The average molecular weight is 216 g/mol. The predicted molar refractivity (Wildman–Crippen MR) is 62.5 cm³/mol. The molecule has 2 N–H and O–H groups in total. The van der Waals surface area contributed by atoms with Crippen molar-refractivity contribution in [1.82, 2.24) is 10.6 Å². The third-order valence-electron chi connectivity index (χ3n) is 2.85. The van der Waals surface area contributed by atoms with Gasteiger partial charge in [0.2, 0.25) is 11.8 Å². The van der Waals surface area contributed by atoms with E-state index in [1.165, 1.54) is 0 Å². The normalized spacial score (nSPS) is 23.1. The topological polar surface area (TPSA) is 58.2 Å². The van der Waals surface area contributed by atoms with Crippen LogP contribution >= 0.6 is 0 Å². The number of hydrogen-bond acceptors (Lipinski definition) is 2. The molecule has 1 aliphatic rings. The van der Waals surface area contributed by atoms with Crippen molar-refractivity contribution in [1.29, 1.82) is 0 Å². The van der Waals surface area contributed by atoms with Crippen LogP contribution in [0.5, 0.6) is 0 Å². The van der Waals surface area contributed by atoms with E-state index >= 15 is 0 Å². The summed E-state index contributed by atoms with van der Waals surface area (Å²) in [5.41, 5.74) is 0. The fraction of sp³-hybridized carbons (Fsp3) is 0.818. The van der Waals surface area contributed by atoms with Crippen LogP contribution in [0.4, 0.5) is 0 Å². The Morgan fingerprint density at radius 1 is 1.73 bits per heavy atom. The minimum atomic E-state index is -0.310. The molecule has 0 radical (unpaired) electrons. The Morgan fingerprint density at radius 3 is 3.07 bits per heavy atom. The minimum absolute atomic E-state index is 0. The van der Waals surface area contributed by atoms with Crippen molar-refractivity contribution in [2.24, 2.45) is 5.92 Å². The van der Waals surface area contributed by atoms with Gasteiger partial charge < -0.3 is 10.6 Å². The maximum atomic E-state index is 11.5. The van der Waals surface area contributed by atoms with E-state index in [0.717, 1.165) is 25.8 Å². The summed E-state index contributed by atoms with van der Waals surface area (Å²) in [6, 6.07) is -0.310. The van der Waals surface area contributed by atoms with Crippen molar-refractivity contribution in [3.05, 3.63) is 0 Å². The van der Waals surface area contributed by atoms with Crippen LogP contribution in [0.3, 0.4) is 0 Å². The van der Waals surface area contributed by atoms with Crippen LogP contribution in [0.1, 0.15) is 42.4 Å². The largest absolute Gasteiger partial charge is 0.354 e. The molecule has 0 spiro atoms. The maximum absolute atomic E-state index is 11.5. The Morgan fingerprint density at radius 2 is 2.47 bits per heavy atom. The lowest BCUT2D eigenvalue weighted by Crippen LogP contribution is -2.50. The van der Waals surface area contributed by atoms with E-state index in [-0.39, 0.29) is 20.7 Å². The molecule has 1 saturated heterocycles. The molecule has 0 bridgehead atoms. The Kier molecular flexibility index (Phi) is 4.59. The molecule has 1 fully saturated rings. The van der Waals surface area contributed by atoms with Crippen LogP contribution in [-0.2, 0) is 9.59 Å². The smallest absolute Gasteiger partial charge is 0.242 e. The third kappa shape index (κ3) is 3.90. The molecule has 2 amide bonds. The summed E-state index contributed by atoms with van der Waals surface area (Å²) in [6.07, 6.45) is 3.21. The fourth-order valence-electron chi connectivity index (χ4n) is 1.62. The fourth-order valence-corrected chi connectivity index (χ4v) is 1.62. The van der Waals surface area contributed by atoms with Gasteiger partial charge in [0.15, 0.2) is 0 Å². The molecule has 0 aromatic carbocycles. The van der Waals surface area contributed by atoms with Gasteiger partial charge in [-0.15, -0.1) is 0 Å². The van der Waals surface area contributed by atoms with Crippen LogP contribution in [0, 0.1) is 5.92 Å². The Bertz CT molecular complexity index is 250. The molecule has 4 heteroatoms. The van der Waals surface area contributed by atoms with Gasteiger partial charge in [0.05, 0.1) is 0 Å². The van der Waals surface area contributed by atoms with Crippen molar-refractivity contribution in [3.63, 3.8) is 0 Å². The van der Waals surface area contributed by atoms with Crippen LogP contribution in [-0.4, -0.2) is 24.4 Å². The lowest BCUT2D eigenvalue weighted by molar-refractivity contribution is -0.130. The van der Waals surface area contributed by atoms with Crippen molar-refractivity contribution < 1.29 is 12.4 Å². The zero-order valence-corrected chi connectivity index (χ0v) is 9.51. The van der Waals surface area contributed by atoms with E-state index in [1.54, 1.807) is 0 Å². The molecule has 1 rings (SSSR count). The maximum Gasteiger partial charge on any atom is 0.242 e. The molecule has 0 aromatic heterocycles. The van der Waals surface area contributed by atoms with Gasteiger partial charge in [-0.1, -0.05) is 20.3 Å². The Labute approximate surface area is 93.8 Å². The van der Waals surface area contributed by atoms with Gasteiger partial charge >= 0.3 is 0 Å². The average Bonchev–Trinajstić information content (AvgIpc) is 2.21. The molecule has 0 aliphatic carbocycles. The molecule has 1 heterocycles. The lowest BCUT2D eigenvalue weighted by atomic mass is 10.0. The zero-order valence-electron chi connectivity index (χ0n) is 9.51. The summed E-state index contributed by atoms with van der Waals surface area (Å²) in [7, 11) is 0. The van der Waals surface area contributed by atoms with E-state index in [2.05, 4.69) is 17.6 Å². The summed E-state index contributed by atoms with van der Waals surface area (Å²) in [6.45, 7) is 4.84. The van der Waals surface area contributed by atoms with Gasteiger partial charge in [-0.2, -0.15) is 0 Å². The van der Waals surface area contributed by atoms with E-state index in [0.29, 0.717) is 12.3 Å². The molecule has 90 valence electrons.